The molecular weight excluding hydrogens is 408 g/mol. The first-order valence-corrected chi connectivity index (χ1v) is 11.1. The zero-order chi connectivity index (χ0) is 21.5. The molecule has 1 atom stereocenters. The van der Waals surface area contributed by atoms with E-state index in [0.29, 0.717) is 23.2 Å². The van der Waals surface area contributed by atoms with E-state index in [2.05, 4.69) is 51.3 Å². The number of halogens is 1. The molecule has 5 nitrogen and oxygen atoms in total. The standard InChI is InChI=1S/C25H27ClN4O/c26-22-4-1-5-23(15-22)30-25(31)29-17-24(20-10-13-27-14-11-20)19-8-6-18(7-9-19)21-3-2-12-28-16-21/h1-9,12,15-16,20,24,27H,10-11,13-14,17H2,(H2,29,30,31). The van der Waals surface area contributed by atoms with Gasteiger partial charge in [0.15, 0.2) is 0 Å². The Balaban J connectivity index is 1.46. The van der Waals surface area contributed by atoms with Crippen LogP contribution in [0.2, 0.25) is 5.02 Å². The number of hydrogen-bond acceptors (Lipinski definition) is 3. The second-order valence-electron chi connectivity index (χ2n) is 7.90. The van der Waals surface area contributed by atoms with E-state index < -0.39 is 0 Å². The quantitative estimate of drug-likeness (QED) is 0.492. The summed E-state index contributed by atoms with van der Waals surface area (Å²) in [5.74, 6) is 0.784. The Morgan fingerprint density at radius 1 is 1.06 bits per heavy atom. The second-order valence-corrected chi connectivity index (χ2v) is 8.34. The lowest BCUT2D eigenvalue weighted by Gasteiger charge is -2.31. The van der Waals surface area contributed by atoms with Crippen molar-refractivity contribution < 1.29 is 4.79 Å². The topological polar surface area (TPSA) is 66.0 Å². The summed E-state index contributed by atoms with van der Waals surface area (Å²) in [4.78, 5) is 16.7. The fourth-order valence-electron chi connectivity index (χ4n) is 4.20. The zero-order valence-corrected chi connectivity index (χ0v) is 18.1. The van der Waals surface area contributed by atoms with E-state index in [4.69, 9.17) is 11.6 Å². The summed E-state index contributed by atoms with van der Waals surface area (Å²) < 4.78 is 0. The average Bonchev–Trinajstić information content (AvgIpc) is 2.81. The minimum atomic E-state index is -0.215. The predicted molar refractivity (Wildman–Crippen MR) is 126 cm³/mol. The number of benzene rings is 2. The SMILES string of the molecule is O=C(NCC(c1ccc(-c2cccnc2)cc1)C1CCNCC1)Nc1cccc(Cl)c1. The second kappa shape index (κ2) is 10.4. The number of amides is 2. The van der Waals surface area contributed by atoms with E-state index in [1.54, 1.807) is 18.3 Å². The Hall–Kier alpha value is -2.89. The van der Waals surface area contributed by atoms with Crippen molar-refractivity contribution in [2.45, 2.75) is 18.8 Å². The Labute approximate surface area is 188 Å². The van der Waals surface area contributed by atoms with Gasteiger partial charge >= 0.3 is 6.03 Å². The van der Waals surface area contributed by atoms with Crippen LogP contribution in [0.1, 0.15) is 24.3 Å². The lowest BCUT2D eigenvalue weighted by Crippen LogP contribution is -2.38. The third-order valence-corrected chi connectivity index (χ3v) is 6.09. The number of nitrogens with zero attached hydrogens (tertiary/aromatic N) is 1. The van der Waals surface area contributed by atoms with Gasteiger partial charge in [0.1, 0.15) is 0 Å². The number of hydrogen-bond donors (Lipinski definition) is 3. The number of urea groups is 1. The third-order valence-electron chi connectivity index (χ3n) is 5.85. The van der Waals surface area contributed by atoms with E-state index in [9.17, 15) is 4.79 Å². The fraction of sp³-hybridized carbons (Fsp3) is 0.280. The van der Waals surface area contributed by atoms with Crippen LogP contribution in [0.5, 0.6) is 0 Å². The van der Waals surface area contributed by atoms with Crippen molar-refractivity contribution in [3.63, 3.8) is 0 Å². The number of anilines is 1. The van der Waals surface area contributed by atoms with Crippen LogP contribution in [0.25, 0.3) is 11.1 Å². The molecule has 1 aliphatic rings. The number of nitrogens with one attached hydrogen (secondary N) is 3. The Morgan fingerprint density at radius 3 is 2.58 bits per heavy atom. The molecule has 0 aliphatic carbocycles. The summed E-state index contributed by atoms with van der Waals surface area (Å²) >= 11 is 6.01. The molecule has 0 bridgehead atoms. The van der Waals surface area contributed by atoms with Crippen LogP contribution in [-0.4, -0.2) is 30.6 Å². The molecule has 1 aromatic heterocycles. The molecule has 3 N–H and O–H groups in total. The van der Waals surface area contributed by atoms with Crippen LogP contribution in [-0.2, 0) is 0 Å². The van der Waals surface area contributed by atoms with E-state index in [0.717, 1.165) is 37.1 Å². The summed E-state index contributed by atoms with van der Waals surface area (Å²) in [7, 11) is 0. The van der Waals surface area contributed by atoms with E-state index in [1.165, 1.54) is 5.56 Å². The molecule has 4 rings (SSSR count). The molecule has 1 unspecified atom stereocenters. The summed E-state index contributed by atoms with van der Waals surface area (Å²) in [5, 5.41) is 9.97. The average molecular weight is 435 g/mol. The lowest BCUT2D eigenvalue weighted by atomic mass is 9.80. The number of pyridine rings is 1. The van der Waals surface area contributed by atoms with Gasteiger partial charge in [-0.2, -0.15) is 0 Å². The van der Waals surface area contributed by atoms with Gasteiger partial charge in [-0.05, 0) is 72.8 Å². The molecule has 1 saturated heterocycles. The first-order valence-electron chi connectivity index (χ1n) is 10.7. The molecule has 2 amide bonds. The lowest BCUT2D eigenvalue weighted by molar-refractivity contribution is 0.247. The van der Waals surface area contributed by atoms with E-state index in [1.807, 2.05) is 24.4 Å². The van der Waals surface area contributed by atoms with E-state index in [-0.39, 0.29) is 11.9 Å². The highest BCUT2D eigenvalue weighted by Gasteiger charge is 2.25. The normalized spacial score (nSPS) is 15.3. The molecule has 1 aliphatic heterocycles. The van der Waals surface area contributed by atoms with Crippen LogP contribution in [0, 0.1) is 5.92 Å². The Morgan fingerprint density at radius 2 is 1.87 bits per heavy atom. The molecule has 160 valence electrons. The van der Waals surface area contributed by atoms with Gasteiger partial charge in [-0.1, -0.05) is 48.0 Å². The molecule has 0 spiro atoms. The van der Waals surface area contributed by atoms with E-state index >= 15 is 0 Å². The van der Waals surface area contributed by atoms with Gasteiger partial charge in [-0.25, -0.2) is 4.79 Å². The first kappa shape index (κ1) is 21.3. The van der Waals surface area contributed by atoms with Crippen LogP contribution >= 0.6 is 11.6 Å². The van der Waals surface area contributed by atoms with Crippen LogP contribution in [0.15, 0.2) is 73.1 Å². The van der Waals surface area contributed by atoms with Crippen LogP contribution < -0.4 is 16.0 Å². The highest BCUT2D eigenvalue weighted by Crippen LogP contribution is 2.32. The van der Waals surface area contributed by atoms with Crippen molar-refractivity contribution in [3.8, 4) is 11.1 Å². The maximum Gasteiger partial charge on any atom is 0.319 e. The molecule has 2 heterocycles. The van der Waals surface area contributed by atoms with Gasteiger partial charge in [-0.15, -0.1) is 0 Å². The van der Waals surface area contributed by atoms with Crippen molar-refractivity contribution in [3.05, 3.63) is 83.6 Å². The zero-order valence-electron chi connectivity index (χ0n) is 17.4. The molecule has 0 radical (unpaired) electrons. The van der Waals surface area contributed by atoms with Gasteiger partial charge in [0, 0.05) is 35.6 Å². The summed E-state index contributed by atoms with van der Waals surface area (Å²) in [6.45, 7) is 2.62. The van der Waals surface area contributed by atoms with Crippen molar-refractivity contribution in [2.24, 2.45) is 5.92 Å². The van der Waals surface area contributed by atoms with Crippen molar-refractivity contribution in [1.29, 1.82) is 0 Å². The van der Waals surface area contributed by atoms with Crippen molar-refractivity contribution >= 4 is 23.3 Å². The van der Waals surface area contributed by atoms with Gasteiger partial charge in [0.2, 0.25) is 0 Å². The van der Waals surface area contributed by atoms with Crippen LogP contribution in [0.3, 0.4) is 0 Å². The van der Waals surface area contributed by atoms with Crippen LogP contribution in [0.4, 0.5) is 10.5 Å². The number of rotatable bonds is 6. The van der Waals surface area contributed by atoms with Gasteiger partial charge in [0.25, 0.3) is 0 Å². The smallest absolute Gasteiger partial charge is 0.319 e. The maximum absolute atomic E-state index is 12.5. The summed E-state index contributed by atoms with van der Waals surface area (Å²) in [5.41, 5.74) is 4.19. The predicted octanol–water partition coefficient (Wildman–Crippen LogP) is 5.31. The monoisotopic (exact) mass is 434 g/mol. The molecule has 1 fully saturated rings. The molecule has 2 aromatic carbocycles. The highest BCUT2D eigenvalue weighted by molar-refractivity contribution is 6.30. The first-order chi connectivity index (χ1) is 15.2. The maximum atomic E-state index is 12.5. The molecular formula is C25H27ClN4O. The molecule has 31 heavy (non-hydrogen) atoms. The largest absolute Gasteiger partial charge is 0.337 e. The number of carbonyl (C=O) groups is 1. The minimum absolute atomic E-state index is 0.215. The fourth-order valence-corrected chi connectivity index (χ4v) is 4.39. The van der Waals surface area contributed by atoms with Gasteiger partial charge in [-0.3, -0.25) is 4.98 Å². The Kier molecular flexibility index (Phi) is 7.18. The number of carbonyl (C=O) groups excluding carboxylic acids is 1. The van der Waals surface area contributed by atoms with Gasteiger partial charge in [0.05, 0.1) is 0 Å². The van der Waals surface area contributed by atoms with Crippen molar-refractivity contribution in [1.82, 2.24) is 15.6 Å². The molecule has 3 aromatic rings. The summed E-state index contributed by atoms with van der Waals surface area (Å²) in [6, 6.07) is 19.6. The minimum Gasteiger partial charge on any atom is -0.337 e. The highest BCUT2D eigenvalue weighted by atomic mass is 35.5. The number of aromatic nitrogens is 1. The Bertz CT molecular complexity index is 988. The number of piperidine rings is 1. The molecule has 0 saturated carbocycles. The molecule has 6 heteroatoms. The summed E-state index contributed by atoms with van der Waals surface area (Å²) in [6.07, 6.45) is 5.87. The third kappa shape index (κ3) is 5.84. The van der Waals surface area contributed by atoms with Gasteiger partial charge < -0.3 is 16.0 Å². The van der Waals surface area contributed by atoms with Crippen molar-refractivity contribution in [2.75, 3.05) is 25.0 Å².